The van der Waals surface area contributed by atoms with Crippen LogP contribution in [0.5, 0.6) is 0 Å². The minimum atomic E-state index is -0.129. The molecule has 0 fully saturated rings. The molecule has 0 unspecified atom stereocenters. The van der Waals surface area contributed by atoms with Gasteiger partial charge in [-0.1, -0.05) is 11.2 Å². The second kappa shape index (κ2) is 4.94. The van der Waals surface area contributed by atoms with Gasteiger partial charge in [0.2, 0.25) is 0 Å². The monoisotopic (exact) mass is 236 g/mol. The normalized spacial score (nSPS) is 10.3. The highest BCUT2D eigenvalue weighted by Crippen LogP contribution is 2.09. The van der Waals surface area contributed by atoms with Crippen molar-refractivity contribution >= 4 is 17.2 Å². The van der Waals surface area contributed by atoms with Crippen LogP contribution in [0.3, 0.4) is 0 Å². The fourth-order valence-electron chi connectivity index (χ4n) is 1.37. The van der Waals surface area contributed by atoms with Gasteiger partial charge in [0.05, 0.1) is 6.20 Å². The molecule has 2 rings (SSSR count). The number of aromatic nitrogens is 1. The van der Waals surface area contributed by atoms with E-state index < -0.39 is 0 Å². The lowest BCUT2D eigenvalue weighted by atomic mass is 10.2. The first-order chi connectivity index (χ1) is 7.77. The van der Waals surface area contributed by atoms with Gasteiger partial charge in [0.1, 0.15) is 11.3 Å². The Kier molecular flexibility index (Phi) is 3.36. The zero-order valence-electron chi connectivity index (χ0n) is 8.90. The molecule has 4 nitrogen and oxygen atoms in total. The van der Waals surface area contributed by atoms with Crippen molar-refractivity contribution in [2.75, 3.05) is 6.54 Å². The van der Waals surface area contributed by atoms with Crippen LogP contribution in [0, 0.1) is 6.92 Å². The lowest BCUT2D eigenvalue weighted by molar-refractivity contribution is 0.0952. The van der Waals surface area contributed by atoms with E-state index in [2.05, 4.69) is 16.5 Å². The minimum Gasteiger partial charge on any atom is -0.361 e. The summed E-state index contributed by atoms with van der Waals surface area (Å²) in [5.74, 6) is 0.420. The molecule has 84 valence electrons. The topological polar surface area (TPSA) is 55.1 Å². The van der Waals surface area contributed by atoms with Crippen LogP contribution < -0.4 is 5.32 Å². The Bertz CT molecular complexity index is 462. The molecule has 2 aromatic heterocycles. The zero-order valence-corrected chi connectivity index (χ0v) is 9.71. The second-order valence-electron chi connectivity index (χ2n) is 3.38. The van der Waals surface area contributed by atoms with E-state index in [1.54, 1.807) is 18.3 Å². The Morgan fingerprint density at radius 2 is 2.50 bits per heavy atom. The van der Waals surface area contributed by atoms with Gasteiger partial charge in [-0.05, 0) is 24.8 Å². The number of thiophene rings is 1. The molecule has 0 atom stereocenters. The van der Waals surface area contributed by atoms with Crippen molar-refractivity contribution in [3.05, 3.63) is 39.9 Å². The molecule has 5 heteroatoms. The van der Waals surface area contributed by atoms with Gasteiger partial charge in [0.15, 0.2) is 0 Å². The van der Waals surface area contributed by atoms with Crippen LogP contribution in [-0.2, 0) is 6.42 Å². The van der Waals surface area contributed by atoms with E-state index in [-0.39, 0.29) is 5.91 Å². The highest BCUT2D eigenvalue weighted by Gasteiger charge is 2.11. The number of hydrogen-bond acceptors (Lipinski definition) is 4. The van der Waals surface area contributed by atoms with Crippen molar-refractivity contribution in [3.8, 4) is 0 Å². The molecular weight excluding hydrogens is 224 g/mol. The summed E-state index contributed by atoms with van der Waals surface area (Å²) >= 11 is 1.69. The van der Waals surface area contributed by atoms with Gasteiger partial charge in [-0.3, -0.25) is 4.79 Å². The number of carbonyl (C=O) groups is 1. The number of carbonyl (C=O) groups excluding carboxylic acids is 1. The molecule has 0 bridgehead atoms. The average Bonchev–Trinajstić information content (AvgIpc) is 2.88. The molecular formula is C11H12N2O2S. The highest BCUT2D eigenvalue weighted by atomic mass is 32.1. The summed E-state index contributed by atoms with van der Waals surface area (Å²) < 4.78 is 4.83. The van der Waals surface area contributed by atoms with Gasteiger partial charge < -0.3 is 9.84 Å². The molecule has 2 heterocycles. The Morgan fingerprint density at radius 1 is 1.62 bits per heavy atom. The number of nitrogens with zero attached hydrogens (tertiary/aromatic N) is 1. The molecule has 0 aromatic carbocycles. The SMILES string of the molecule is Cc1oncc1C(=O)NCCc1cccs1. The van der Waals surface area contributed by atoms with Gasteiger partial charge in [-0.25, -0.2) is 0 Å². The number of aryl methyl sites for hydroxylation is 1. The lowest BCUT2D eigenvalue weighted by Gasteiger charge is -2.01. The lowest BCUT2D eigenvalue weighted by Crippen LogP contribution is -2.25. The maximum atomic E-state index is 11.6. The zero-order chi connectivity index (χ0) is 11.4. The van der Waals surface area contributed by atoms with Gasteiger partial charge in [-0.2, -0.15) is 0 Å². The molecule has 1 N–H and O–H groups in total. The van der Waals surface area contributed by atoms with Crippen LogP contribution in [0.15, 0.2) is 28.2 Å². The first-order valence-electron chi connectivity index (χ1n) is 4.99. The van der Waals surface area contributed by atoms with E-state index in [0.29, 0.717) is 17.9 Å². The Labute approximate surface area is 97.3 Å². The summed E-state index contributed by atoms with van der Waals surface area (Å²) in [6.45, 7) is 2.35. The van der Waals surface area contributed by atoms with Crippen molar-refractivity contribution in [2.24, 2.45) is 0 Å². The molecule has 0 aliphatic heterocycles. The standard InChI is InChI=1S/C11H12N2O2S/c1-8-10(7-13-15-8)11(14)12-5-4-9-3-2-6-16-9/h2-3,6-7H,4-5H2,1H3,(H,12,14). The Balaban J connectivity index is 1.83. The molecule has 16 heavy (non-hydrogen) atoms. The van der Waals surface area contributed by atoms with Crippen LogP contribution in [0.4, 0.5) is 0 Å². The van der Waals surface area contributed by atoms with Gasteiger partial charge in [0, 0.05) is 11.4 Å². The molecule has 0 saturated heterocycles. The summed E-state index contributed by atoms with van der Waals surface area (Å²) in [4.78, 5) is 12.9. The molecule has 0 aliphatic carbocycles. The van der Waals surface area contributed by atoms with Crippen molar-refractivity contribution in [1.29, 1.82) is 0 Å². The number of amides is 1. The summed E-state index contributed by atoms with van der Waals surface area (Å²) in [5, 5.41) is 8.43. The van der Waals surface area contributed by atoms with Gasteiger partial charge in [-0.15, -0.1) is 11.3 Å². The van der Waals surface area contributed by atoms with E-state index in [0.717, 1.165) is 6.42 Å². The largest absolute Gasteiger partial charge is 0.361 e. The van der Waals surface area contributed by atoms with E-state index in [9.17, 15) is 4.79 Å². The van der Waals surface area contributed by atoms with E-state index in [4.69, 9.17) is 4.52 Å². The van der Waals surface area contributed by atoms with Gasteiger partial charge in [0.25, 0.3) is 5.91 Å². The third-order valence-corrected chi connectivity index (χ3v) is 3.17. The Hall–Kier alpha value is -1.62. The van der Waals surface area contributed by atoms with Crippen LogP contribution in [0.1, 0.15) is 21.0 Å². The van der Waals surface area contributed by atoms with Crippen LogP contribution >= 0.6 is 11.3 Å². The number of nitrogens with one attached hydrogen (secondary N) is 1. The first-order valence-corrected chi connectivity index (χ1v) is 5.87. The third-order valence-electron chi connectivity index (χ3n) is 2.23. The molecule has 0 spiro atoms. The highest BCUT2D eigenvalue weighted by molar-refractivity contribution is 7.09. The van der Waals surface area contributed by atoms with Crippen molar-refractivity contribution in [3.63, 3.8) is 0 Å². The van der Waals surface area contributed by atoms with Crippen LogP contribution in [0.25, 0.3) is 0 Å². The fraction of sp³-hybridized carbons (Fsp3) is 0.273. The van der Waals surface area contributed by atoms with Crippen LogP contribution in [-0.4, -0.2) is 17.6 Å². The van der Waals surface area contributed by atoms with Crippen molar-refractivity contribution < 1.29 is 9.32 Å². The maximum Gasteiger partial charge on any atom is 0.256 e. The minimum absolute atomic E-state index is 0.129. The van der Waals surface area contributed by atoms with E-state index >= 15 is 0 Å². The summed E-state index contributed by atoms with van der Waals surface area (Å²) in [5.41, 5.74) is 0.506. The van der Waals surface area contributed by atoms with Gasteiger partial charge >= 0.3 is 0 Å². The molecule has 0 radical (unpaired) electrons. The second-order valence-corrected chi connectivity index (χ2v) is 4.41. The van der Waals surface area contributed by atoms with E-state index in [1.807, 2.05) is 11.4 Å². The molecule has 0 saturated carbocycles. The Morgan fingerprint density at radius 3 is 3.12 bits per heavy atom. The first kappa shape index (κ1) is 10.9. The maximum absolute atomic E-state index is 11.6. The summed E-state index contributed by atoms with van der Waals surface area (Å²) in [6.07, 6.45) is 2.30. The molecule has 0 aliphatic rings. The quantitative estimate of drug-likeness (QED) is 0.883. The van der Waals surface area contributed by atoms with Crippen molar-refractivity contribution in [2.45, 2.75) is 13.3 Å². The molecule has 2 aromatic rings. The van der Waals surface area contributed by atoms with Crippen LogP contribution in [0.2, 0.25) is 0 Å². The third kappa shape index (κ3) is 2.49. The van der Waals surface area contributed by atoms with Crippen molar-refractivity contribution in [1.82, 2.24) is 10.5 Å². The summed E-state index contributed by atoms with van der Waals surface area (Å²) in [7, 11) is 0. The van der Waals surface area contributed by atoms with E-state index in [1.165, 1.54) is 11.1 Å². The predicted octanol–water partition coefficient (Wildman–Crippen LogP) is 2.02. The number of hydrogen-bond donors (Lipinski definition) is 1. The predicted molar refractivity (Wildman–Crippen MR) is 61.6 cm³/mol. The summed E-state index contributed by atoms with van der Waals surface area (Å²) in [6, 6.07) is 4.06. The number of rotatable bonds is 4. The molecule has 1 amide bonds. The average molecular weight is 236 g/mol. The fourth-order valence-corrected chi connectivity index (χ4v) is 2.07. The smallest absolute Gasteiger partial charge is 0.256 e.